The third-order valence-corrected chi connectivity index (χ3v) is 5.08. The maximum absolute atomic E-state index is 12.8. The number of amides is 1. The lowest BCUT2D eigenvalue weighted by Crippen LogP contribution is -2.30. The van der Waals surface area contributed by atoms with Gasteiger partial charge in [-0.1, -0.05) is 30.3 Å². The van der Waals surface area contributed by atoms with Gasteiger partial charge >= 0.3 is 0 Å². The van der Waals surface area contributed by atoms with Gasteiger partial charge < -0.3 is 10.4 Å². The van der Waals surface area contributed by atoms with Crippen LogP contribution in [0.3, 0.4) is 0 Å². The summed E-state index contributed by atoms with van der Waals surface area (Å²) < 4.78 is 1.55. The molecule has 130 valence electrons. The first-order valence-electron chi connectivity index (χ1n) is 7.96. The van der Waals surface area contributed by atoms with Crippen molar-refractivity contribution in [3.63, 3.8) is 0 Å². The lowest BCUT2D eigenvalue weighted by molar-refractivity contribution is 0.0927. The number of hydrogen-bond acceptors (Lipinski definition) is 5. The number of benzene rings is 1. The Morgan fingerprint density at radius 1 is 1.36 bits per heavy atom. The molecule has 7 heteroatoms. The van der Waals surface area contributed by atoms with E-state index in [1.165, 1.54) is 17.7 Å². The van der Waals surface area contributed by atoms with Crippen LogP contribution < -0.4 is 10.9 Å². The predicted molar refractivity (Wildman–Crippen MR) is 98.2 cm³/mol. The summed E-state index contributed by atoms with van der Waals surface area (Å²) in [5, 5.41) is 12.4. The van der Waals surface area contributed by atoms with Gasteiger partial charge in [0.15, 0.2) is 0 Å². The van der Waals surface area contributed by atoms with E-state index >= 15 is 0 Å². The van der Waals surface area contributed by atoms with Crippen LogP contribution in [0.5, 0.6) is 0 Å². The van der Waals surface area contributed by atoms with Crippen LogP contribution in [-0.4, -0.2) is 33.2 Å². The van der Waals surface area contributed by atoms with Crippen LogP contribution in [-0.2, 0) is 6.54 Å². The molecule has 6 nitrogen and oxygen atoms in total. The van der Waals surface area contributed by atoms with E-state index < -0.39 is 6.10 Å². The highest BCUT2D eigenvalue weighted by Gasteiger charge is 2.19. The Morgan fingerprint density at radius 3 is 2.76 bits per heavy atom. The highest BCUT2D eigenvalue weighted by Crippen LogP contribution is 2.26. The summed E-state index contributed by atoms with van der Waals surface area (Å²) in [5.74, 6) is -0.296. The first kappa shape index (κ1) is 17.3. The maximum atomic E-state index is 12.8. The summed E-state index contributed by atoms with van der Waals surface area (Å²) in [4.78, 5) is 30.4. The molecule has 0 saturated carbocycles. The molecule has 3 rings (SSSR count). The Balaban J connectivity index is 1.97. The number of carbonyl (C=O) groups excluding carboxylic acids is 1. The first-order chi connectivity index (χ1) is 12.0. The van der Waals surface area contributed by atoms with Crippen LogP contribution >= 0.6 is 11.3 Å². The van der Waals surface area contributed by atoms with E-state index in [1.54, 1.807) is 18.4 Å². The van der Waals surface area contributed by atoms with E-state index in [-0.39, 0.29) is 18.0 Å². The fraction of sp³-hybridized carbons (Fsp3) is 0.278. The monoisotopic (exact) mass is 357 g/mol. The van der Waals surface area contributed by atoms with Crippen molar-refractivity contribution in [2.75, 3.05) is 6.54 Å². The highest BCUT2D eigenvalue weighted by atomic mass is 32.1. The quantitative estimate of drug-likeness (QED) is 0.731. The van der Waals surface area contributed by atoms with Crippen LogP contribution in [0.1, 0.15) is 27.7 Å². The molecule has 2 aromatic heterocycles. The summed E-state index contributed by atoms with van der Waals surface area (Å²) in [5.41, 5.74) is 1.48. The van der Waals surface area contributed by atoms with Crippen LogP contribution in [0.15, 0.2) is 41.5 Å². The van der Waals surface area contributed by atoms with Gasteiger partial charge in [0.05, 0.1) is 29.2 Å². The highest BCUT2D eigenvalue weighted by molar-refractivity contribution is 7.20. The van der Waals surface area contributed by atoms with Gasteiger partial charge in [-0.3, -0.25) is 14.2 Å². The van der Waals surface area contributed by atoms with Crippen molar-refractivity contribution in [3.8, 4) is 0 Å². The average molecular weight is 357 g/mol. The summed E-state index contributed by atoms with van der Waals surface area (Å²) in [6.45, 7) is 3.95. The number of carbonyl (C=O) groups is 1. The second kappa shape index (κ2) is 7.16. The van der Waals surface area contributed by atoms with Crippen molar-refractivity contribution in [2.45, 2.75) is 26.5 Å². The first-order valence-corrected chi connectivity index (χ1v) is 8.77. The fourth-order valence-electron chi connectivity index (χ4n) is 2.59. The van der Waals surface area contributed by atoms with Crippen LogP contribution in [0.25, 0.3) is 10.2 Å². The zero-order chi connectivity index (χ0) is 18.0. The number of fused-ring (bicyclic) bond motifs is 1. The Labute approximate surface area is 148 Å². The second-order valence-electron chi connectivity index (χ2n) is 5.96. The molecule has 0 saturated heterocycles. The Morgan fingerprint density at radius 2 is 2.08 bits per heavy atom. The predicted octanol–water partition coefficient (Wildman–Crippen LogP) is 1.93. The lowest BCUT2D eigenvalue weighted by Gasteiger charge is -2.06. The Kier molecular flexibility index (Phi) is 4.96. The molecular formula is C18H19N3O3S. The Hall–Kier alpha value is -2.51. The number of aliphatic hydroxyl groups excluding tert-OH is 1. The molecule has 0 aliphatic carbocycles. The van der Waals surface area contributed by atoms with Gasteiger partial charge in [-0.15, -0.1) is 11.3 Å². The molecule has 0 bridgehead atoms. The third-order valence-electron chi connectivity index (χ3n) is 3.88. The Bertz CT molecular complexity index is 961. The summed E-state index contributed by atoms with van der Waals surface area (Å²) in [6, 6.07) is 9.67. The van der Waals surface area contributed by atoms with Gasteiger partial charge in [0.25, 0.3) is 11.5 Å². The minimum absolute atomic E-state index is 0.155. The molecule has 0 spiro atoms. The van der Waals surface area contributed by atoms with Gasteiger partial charge in [0.1, 0.15) is 4.83 Å². The van der Waals surface area contributed by atoms with Gasteiger partial charge in [-0.2, -0.15) is 0 Å². The number of aromatic nitrogens is 2. The van der Waals surface area contributed by atoms with Crippen LogP contribution in [0.4, 0.5) is 0 Å². The number of nitrogens with one attached hydrogen (secondary N) is 1. The molecule has 2 N–H and O–H groups in total. The van der Waals surface area contributed by atoms with E-state index in [0.717, 1.165) is 5.56 Å². The standard InChI is InChI=1S/C18H19N3O3S/c1-11(22)8-19-16(23)15-12(2)14-17(25-15)20-10-21(18(14)24)9-13-6-4-3-5-7-13/h3-7,10-11,22H,8-9H2,1-2H3,(H,19,23). The zero-order valence-electron chi connectivity index (χ0n) is 14.0. The molecule has 0 aliphatic heterocycles. The molecular weight excluding hydrogens is 338 g/mol. The van der Waals surface area contributed by atoms with Crippen LogP contribution in [0.2, 0.25) is 0 Å². The molecule has 0 radical (unpaired) electrons. The van der Waals surface area contributed by atoms with E-state index in [1.807, 2.05) is 30.3 Å². The number of aliphatic hydroxyl groups is 1. The fourth-order valence-corrected chi connectivity index (χ4v) is 3.64. The minimum Gasteiger partial charge on any atom is -0.392 e. The van der Waals surface area contributed by atoms with Crippen molar-refractivity contribution >= 4 is 27.5 Å². The summed E-state index contributed by atoms with van der Waals surface area (Å²) >= 11 is 1.19. The molecule has 25 heavy (non-hydrogen) atoms. The molecule has 2 heterocycles. The minimum atomic E-state index is -0.625. The number of aryl methyl sites for hydroxylation is 1. The zero-order valence-corrected chi connectivity index (χ0v) is 14.8. The number of nitrogens with zero attached hydrogens (tertiary/aromatic N) is 2. The second-order valence-corrected chi connectivity index (χ2v) is 6.96. The van der Waals surface area contributed by atoms with Crippen molar-refractivity contribution in [2.24, 2.45) is 0 Å². The van der Waals surface area contributed by atoms with E-state index in [4.69, 9.17) is 0 Å². The number of hydrogen-bond donors (Lipinski definition) is 2. The largest absolute Gasteiger partial charge is 0.392 e. The van der Waals surface area contributed by atoms with Gasteiger partial charge in [-0.25, -0.2) is 4.98 Å². The van der Waals surface area contributed by atoms with E-state index in [0.29, 0.717) is 27.2 Å². The molecule has 0 aliphatic rings. The third kappa shape index (κ3) is 3.62. The van der Waals surface area contributed by atoms with Crippen molar-refractivity contribution in [1.29, 1.82) is 0 Å². The van der Waals surface area contributed by atoms with Crippen molar-refractivity contribution in [3.05, 3.63) is 63.0 Å². The van der Waals surface area contributed by atoms with Gasteiger partial charge in [0, 0.05) is 6.54 Å². The molecule has 1 unspecified atom stereocenters. The topological polar surface area (TPSA) is 84.2 Å². The molecule has 1 aromatic carbocycles. The van der Waals surface area contributed by atoms with Gasteiger partial charge in [0.2, 0.25) is 0 Å². The smallest absolute Gasteiger partial charge is 0.262 e. The van der Waals surface area contributed by atoms with Crippen molar-refractivity contribution < 1.29 is 9.90 Å². The molecule has 1 amide bonds. The molecule has 1 atom stereocenters. The number of rotatable bonds is 5. The van der Waals surface area contributed by atoms with Crippen molar-refractivity contribution in [1.82, 2.24) is 14.9 Å². The molecule has 3 aromatic rings. The van der Waals surface area contributed by atoms with Gasteiger partial charge in [-0.05, 0) is 25.0 Å². The summed E-state index contributed by atoms with van der Waals surface area (Å²) in [6.07, 6.45) is 0.894. The number of thiophene rings is 1. The van der Waals surface area contributed by atoms with Crippen LogP contribution in [0, 0.1) is 6.92 Å². The normalized spacial score (nSPS) is 12.3. The summed E-state index contributed by atoms with van der Waals surface area (Å²) in [7, 11) is 0. The lowest BCUT2D eigenvalue weighted by atomic mass is 10.2. The average Bonchev–Trinajstić information content (AvgIpc) is 2.94. The SMILES string of the molecule is Cc1c(C(=O)NCC(C)O)sc2ncn(Cc3ccccc3)c(=O)c12. The van der Waals surface area contributed by atoms with E-state index in [2.05, 4.69) is 10.3 Å². The maximum Gasteiger partial charge on any atom is 0.262 e. The van der Waals surface area contributed by atoms with E-state index in [9.17, 15) is 14.7 Å². The molecule has 0 fully saturated rings.